The molecular formula is C107H113N13O4. The SMILES string of the molecule is CN1c2ccccc2N(C)C1c1ccc([N+](=O)[O-])cc1.CN1c2ccccc2N(C)C1c1ccccc1.CN1c2ccccc2N(C)C1c1ccccc1.COc1ccc(C2Cc3ccccc3N2)cc1.COc1ccc(C2N(C)c3ccccc3N2C)cc1.Cc1ccc(C2Cc3ccccc3N2)cc1.Cc1ccc(C2N(C)c3ccccc3N2C)cc1. The van der Waals surface area contributed by atoms with Crippen LogP contribution in [0.15, 0.2) is 352 Å². The van der Waals surface area contributed by atoms with E-state index in [-0.39, 0.29) is 22.9 Å². The Hall–Kier alpha value is -14.3. The first-order chi connectivity index (χ1) is 60.3. The standard InChI is InChI=1S/C16H18N2O.C16H18N2.C15H15N3O2.2C15H16N2.C15H15NO.C15H15N/c1-17-14-6-4-5-7-15(14)18(2)16(17)12-8-10-13(19-3)11-9-12;1-12-8-10-13(11-9-12)16-17(2)14-6-4-5-7-15(14)18(16)3;1-16-13-5-3-4-6-14(13)17(2)15(16)11-7-9-12(10-8-11)18(19)20;2*1-16-13-10-6-7-11-14(13)17(2)15(16)12-8-4-3-5-9-12;1-17-13-8-6-11(7-9-13)15-10-12-4-2-3-5-14(12)16-15;1-11-6-8-12(9-7-11)15-10-13-4-2-3-5-14(13)16-15/h4-11,16H,1-3H3;4-11,16H,1-3H3;3-10,15H,1-2H3;2*3-11,15H,1-2H3;2-9,15-16H,10H2,1H3;2-9,15-16H,10H2,1H3. The molecule has 7 aliphatic rings. The molecule has 14 aromatic carbocycles. The molecule has 0 aliphatic carbocycles. The minimum absolute atomic E-state index is 0.0632. The van der Waals surface area contributed by atoms with Gasteiger partial charge < -0.3 is 69.1 Å². The van der Waals surface area contributed by atoms with E-state index in [2.05, 4.69) is 421 Å². The van der Waals surface area contributed by atoms with Crippen molar-refractivity contribution in [2.75, 3.05) is 144 Å². The summed E-state index contributed by atoms with van der Waals surface area (Å²) in [6, 6.07) is 122. The van der Waals surface area contributed by atoms with Gasteiger partial charge in [0.1, 0.15) is 42.3 Å². The van der Waals surface area contributed by atoms with Crippen LogP contribution in [0, 0.1) is 24.0 Å². The molecule has 14 aromatic rings. The Morgan fingerprint density at radius 1 is 0.258 bits per heavy atom. The van der Waals surface area contributed by atoms with Gasteiger partial charge in [0.05, 0.1) is 88.1 Å². The number of methoxy groups -OCH3 is 2. The number of fused-ring (bicyclic) bond motifs is 7. The van der Waals surface area contributed by atoms with Gasteiger partial charge in [-0.1, -0.05) is 242 Å². The highest BCUT2D eigenvalue weighted by atomic mass is 16.6. The van der Waals surface area contributed by atoms with Gasteiger partial charge in [-0.05, 0) is 186 Å². The van der Waals surface area contributed by atoms with Gasteiger partial charge in [0.15, 0.2) is 0 Å². The molecule has 630 valence electrons. The third-order valence-corrected chi connectivity index (χ3v) is 24.8. The van der Waals surface area contributed by atoms with Gasteiger partial charge in [0.25, 0.3) is 5.69 Å². The summed E-state index contributed by atoms with van der Waals surface area (Å²) in [6.45, 7) is 4.25. The monoisotopic (exact) mass is 1640 g/mol. The first kappa shape index (κ1) is 84.7. The molecule has 17 nitrogen and oxygen atoms in total. The molecule has 0 saturated heterocycles. The molecular weight excluding hydrogens is 1530 g/mol. The van der Waals surface area contributed by atoms with Crippen molar-refractivity contribution in [3.05, 3.63) is 423 Å². The van der Waals surface area contributed by atoms with Crippen LogP contribution in [0.4, 0.5) is 73.9 Å². The average Bonchev–Trinajstić information content (AvgIpc) is 1.63. The van der Waals surface area contributed by atoms with Crippen LogP contribution >= 0.6 is 0 Å². The molecule has 2 N–H and O–H groups in total. The lowest BCUT2D eigenvalue weighted by atomic mass is 10.0. The first-order valence-electron chi connectivity index (χ1n) is 42.4. The van der Waals surface area contributed by atoms with Gasteiger partial charge in [0.2, 0.25) is 0 Å². The lowest BCUT2D eigenvalue weighted by Crippen LogP contribution is -2.30. The fraction of sp³-hybridized carbons (Fsp3) is 0.215. The molecule has 0 saturated carbocycles. The number of hydrogen-bond acceptors (Lipinski definition) is 16. The Labute approximate surface area is 732 Å². The maximum absolute atomic E-state index is 10.7. The number of para-hydroxylation sites is 12. The summed E-state index contributed by atoms with van der Waals surface area (Å²) in [5, 5.41) is 17.8. The van der Waals surface area contributed by atoms with Crippen molar-refractivity contribution in [3.63, 3.8) is 0 Å². The van der Waals surface area contributed by atoms with Crippen LogP contribution in [0.3, 0.4) is 0 Å². The van der Waals surface area contributed by atoms with E-state index in [1.807, 2.05) is 62.6 Å². The smallest absolute Gasteiger partial charge is 0.269 e. The Morgan fingerprint density at radius 2 is 0.460 bits per heavy atom. The highest BCUT2D eigenvalue weighted by Crippen LogP contribution is 2.50. The van der Waals surface area contributed by atoms with E-state index in [0.29, 0.717) is 30.6 Å². The van der Waals surface area contributed by atoms with Crippen LogP contribution in [0.1, 0.15) is 104 Å². The van der Waals surface area contributed by atoms with E-state index in [1.165, 1.54) is 124 Å². The van der Waals surface area contributed by atoms with E-state index in [1.54, 1.807) is 26.4 Å². The van der Waals surface area contributed by atoms with Crippen LogP contribution in [0.25, 0.3) is 0 Å². The summed E-state index contributed by atoms with van der Waals surface area (Å²) in [4.78, 5) is 33.3. The van der Waals surface area contributed by atoms with E-state index in [4.69, 9.17) is 9.47 Å². The summed E-state index contributed by atoms with van der Waals surface area (Å²) in [6.07, 6.45) is 3.35. The second kappa shape index (κ2) is 38.2. The van der Waals surface area contributed by atoms with Gasteiger partial charge >= 0.3 is 0 Å². The minimum atomic E-state index is -0.374. The normalized spacial score (nSPS) is 15.6. The summed E-state index contributed by atoms with van der Waals surface area (Å²) < 4.78 is 10.4. The van der Waals surface area contributed by atoms with Crippen molar-refractivity contribution in [1.82, 2.24) is 0 Å². The molecule has 0 spiro atoms. The fourth-order valence-corrected chi connectivity index (χ4v) is 18.3. The van der Waals surface area contributed by atoms with Crippen molar-refractivity contribution in [1.29, 1.82) is 0 Å². The fourth-order valence-electron chi connectivity index (χ4n) is 18.3. The number of nitro benzene ring substituents is 1. The van der Waals surface area contributed by atoms with Gasteiger partial charge in [-0.2, -0.15) is 0 Å². The second-order valence-corrected chi connectivity index (χ2v) is 32.6. The van der Waals surface area contributed by atoms with Crippen LogP contribution in [-0.4, -0.2) is 89.6 Å². The number of rotatable bonds is 10. The lowest BCUT2D eigenvalue weighted by molar-refractivity contribution is -0.384. The van der Waals surface area contributed by atoms with E-state index >= 15 is 0 Å². The molecule has 0 radical (unpaired) electrons. The number of nitro groups is 1. The number of hydrogen-bond donors (Lipinski definition) is 2. The molecule has 7 aliphatic heterocycles. The van der Waals surface area contributed by atoms with Crippen molar-refractivity contribution in [3.8, 4) is 11.5 Å². The van der Waals surface area contributed by atoms with Crippen LogP contribution in [0.2, 0.25) is 0 Å². The zero-order valence-corrected chi connectivity index (χ0v) is 73.5. The summed E-state index contributed by atoms with van der Waals surface area (Å²) in [7, 11) is 24.7. The summed E-state index contributed by atoms with van der Waals surface area (Å²) >= 11 is 0. The summed E-state index contributed by atoms with van der Waals surface area (Å²) in [5.74, 6) is 1.80. The molecule has 2 atom stereocenters. The Bertz CT molecular complexity index is 5590. The molecule has 0 aromatic heterocycles. The van der Waals surface area contributed by atoms with Crippen LogP contribution in [-0.2, 0) is 12.8 Å². The lowest BCUT2D eigenvalue weighted by Gasteiger charge is -2.28. The van der Waals surface area contributed by atoms with Crippen LogP contribution < -0.4 is 69.1 Å². The van der Waals surface area contributed by atoms with Gasteiger partial charge in [-0.3, -0.25) is 10.1 Å². The van der Waals surface area contributed by atoms with Crippen molar-refractivity contribution >= 4 is 73.9 Å². The molecule has 21 rings (SSSR count). The third-order valence-electron chi connectivity index (χ3n) is 24.8. The second-order valence-electron chi connectivity index (χ2n) is 32.6. The molecule has 0 amide bonds. The number of aryl methyl sites for hydroxylation is 2. The topological polar surface area (TPSA) is 118 Å². The number of nitrogens with one attached hydrogen (secondary N) is 2. The molecule has 124 heavy (non-hydrogen) atoms. The number of nitrogens with zero attached hydrogens (tertiary/aromatic N) is 11. The number of non-ortho nitro benzene ring substituents is 1. The first-order valence-corrected chi connectivity index (χ1v) is 42.4. The van der Waals surface area contributed by atoms with Crippen molar-refractivity contribution in [2.24, 2.45) is 0 Å². The molecule has 17 heteroatoms. The molecule has 7 heterocycles. The summed E-state index contributed by atoms with van der Waals surface area (Å²) in [5.41, 5.74) is 29.7. The van der Waals surface area contributed by atoms with Gasteiger partial charge in [0, 0.05) is 94.0 Å². The highest BCUT2D eigenvalue weighted by molar-refractivity contribution is 5.82. The Morgan fingerprint density at radius 3 is 0.702 bits per heavy atom. The quantitative estimate of drug-likeness (QED) is 0.0998. The Balaban J connectivity index is 0.000000112. The molecule has 0 fully saturated rings. The van der Waals surface area contributed by atoms with Crippen molar-refractivity contribution < 1.29 is 14.4 Å². The third kappa shape index (κ3) is 18.0. The zero-order valence-electron chi connectivity index (χ0n) is 73.5. The highest BCUT2D eigenvalue weighted by Gasteiger charge is 2.37. The number of benzene rings is 14. The average molecular weight is 1650 g/mol. The number of anilines is 12. The maximum Gasteiger partial charge on any atom is 0.269 e. The predicted octanol–water partition coefficient (Wildman–Crippen LogP) is 23.7. The van der Waals surface area contributed by atoms with E-state index < -0.39 is 0 Å². The maximum atomic E-state index is 10.7. The zero-order chi connectivity index (χ0) is 86.7. The van der Waals surface area contributed by atoms with Crippen LogP contribution in [0.5, 0.6) is 11.5 Å². The predicted molar refractivity (Wildman–Crippen MR) is 517 cm³/mol. The van der Waals surface area contributed by atoms with E-state index in [9.17, 15) is 10.1 Å². The van der Waals surface area contributed by atoms with Crippen molar-refractivity contribution in [2.45, 2.75) is 69.6 Å². The molecule has 2 unspecified atom stereocenters. The van der Waals surface area contributed by atoms with E-state index in [0.717, 1.165) is 29.9 Å². The largest absolute Gasteiger partial charge is 0.497 e. The Kier molecular flexibility index (Phi) is 26.1. The number of ether oxygens (including phenoxy) is 2. The van der Waals surface area contributed by atoms with Gasteiger partial charge in [-0.15, -0.1) is 0 Å². The minimum Gasteiger partial charge on any atom is -0.497 e. The molecule has 0 bridgehead atoms. The van der Waals surface area contributed by atoms with Gasteiger partial charge in [-0.25, -0.2) is 0 Å².